The van der Waals surface area contributed by atoms with Gasteiger partial charge in [-0.15, -0.1) is 0 Å². The van der Waals surface area contributed by atoms with Gasteiger partial charge in [0.15, 0.2) is 0 Å². The van der Waals surface area contributed by atoms with Crippen LogP contribution in [0.3, 0.4) is 0 Å². The smallest absolute Gasteiger partial charge is 0.417 e. The van der Waals surface area contributed by atoms with Crippen LogP contribution in [-0.4, -0.2) is 25.0 Å². The molecule has 0 unspecified atom stereocenters. The number of methoxy groups -OCH3 is 1. The van der Waals surface area contributed by atoms with E-state index in [4.69, 9.17) is 4.74 Å². The van der Waals surface area contributed by atoms with Crippen molar-refractivity contribution in [3.8, 4) is 0 Å². The lowest BCUT2D eigenvalue weighted by Crippen LogP contribution is -2.43. The van der Waals surface area contributed by atoms with Crippen LogP contribution in [0, 0.1) is 0 Å². The minimum absolute atomic E-state index is 0.0808. The standard InChI is InChI=1S/C22H18F3NO3/c1-29-21(28)19(13-14-10-11-15-6-2-3-7-16(15)12-14)26-20(27)17-8-4-5-9-18(17)22(23,24)25/h2-12,19H,13H2,1H3,(H,26,27)/t19-/m1/s1. The predicted octanol–water partition coefficient (Wildman–Crippen LogP) is 4.37. The normalized spacial score (nSPS) is 12.4. The summed E-state index contributed by atoms with van der Waals surface area (Å²) in [6.45, 7) is 0. The summed E-state index contributed by atoms with van der Waals surface area (Å²) in [5.41, 5.74) is -0.872. The fourth-order valence-corrected chi connectivity index (χ4v) is 3.10. The van der Waals surface area contributed by atoms with Crippen molar-refractivity contribution in [3.05, 3.63) is 83.4 Å². The molecule has 1 amide bonds. The van der Waals surface area contributed by atoms with Crippen molar-refractivity contribution in [3.63, 3.8) is 0 Å². The Labute approximate surface area is 165 Å². The van der Waals surface area contributed by atoms with E-state index in [1.165, 1.54) is 12.1 Å². The molecular formula is C22H18F3NO3. The second-order valence-corrected chi connectivity index (χ2v) is 6.48. The molecule has 1 N–H and O–H groups in total. The number of esters is 1. The molecule has 3 aromatic carbocycles. The van der Waals surface area contributed by atoms with Gasteiger partial charge in [0.25, 0.3) is 5.91 Å². The first-order valence-corrected chi connectivity index (χ1v) is 8.82. The number of alkyl halides is 3. The summed E-state index contributed by atoms with van der Waals surface area (Å²) in [5, 5.41) is 4.33. The predicted molar refractivity (Wildman–Crippen MR) is 102 cm³/mol. The summed E-state index contributed by atoms with van der Waals surface area (Å²) in [5.74, 6) is -1.73. The maximum atomic E-state index is 13.2. The zero-order chi connectivity index (χ0) is 21.0. The first kappa shape index (κ1) is 20.4. The van der Waals surface area contributed by atoms with Gasteiger partial charge in [-0.1, -0.05) is 54.6 Å². The van der Waals surface area contributed by atoms with Crippen molar-refractivity contribution in [1.82, 2.24) is 5.32 Å². The van der Waals surface area contributed by atoms with E-state index in [1.807, 2.05) is 36.4 Å². The van der Waals surface area contributed by atoms with Crippen molar-refractivity contribution in [2.24, 2.45) is 0 Å². The number of nitrogens with one attached hydrogen (secondary N) is 1. The fourth-order valence-electron chi connectivity index (χ4n) is 3.10. The molecule has 0 aliphatic carbocycles. The van der Waals surface area contributed by atoms with E-state index >= 15 is 0 Å². The van der Waals surface area contributed by atoms with Crippen LogP contribution in [0.2, 0.25) is 0 Å². The molecule has 0 fully saturated rings. The van der Waals surface area contributed by atoms with Crippen molar-refractivity contribution >= 4 is 22.6 Å². The number of hydrogen-bond donors (Lipinski definition) is 1. The van der Waals surface area contributed by atoms with Gasteiger partial charge in [-0.05, 0) is 28.5 Å². The summed E-state index contributed by atoms with van der Waals surface area (Å²) >= 11 is 0. The Hall–Kier alpha value is -3.35. The maximum Gasteiger partial charge on any atom is 0.417 e. The molecule has 0 saturated carbocycles. The molecule has 0 saturated heterocycles. The monoisotopic (exact) mass is 401 g/mol. The van der Waals surface area contributed by atoms with Crippen molar-refractivity contribution in [1.29, 1.82) is 0 Å². The van der Waals surface area contributed by atoms with Gasteiger partial charge in [-0.25, -0.2) is 4.79 Å². The number of halogens is 3. The first-order valence-electron chi connectivity index (χ1n) is 8.82. The number of carbonyl (C=O) groups excluding carboxylic acids is 2. The SMILES string of the molecule is COC(=O)[C@@H](Cc1ccc2ccccc2c1)NC(=O)c1ccccc1C(F)(F)F. The van der Waals surface area contributed by atoms with Gasteiger partial charge in [-0.3, -0.25) is 4.79 Å². The Balaban J connectivity index is 1.86. The molecule has 4 nitrogen and oxygen atoms in total. The minimum Gasteiger partial charge on any atom is -0.467 e. The van der Waals surface area contributed by atoms with Crippen LogP contribution in [0.15, 0.2) is 66.7 Å². The number of hydrogen-bond acceptors (Lipinski definition) is 3. The van der Waals surface area contributed by atoms with E-state index in [2.05, 4.69) is 5.32 Å². The first-order chi connectivity index (χ1) is 13.8. The highest BCUT2D eigenvalue weighted by Crippen LogP contribution is 2.31. The maximum absolute atomic E-state index is 13.2. The molecule has 0 radical (unpaired) electrons. The van der Waals surface area contributed by atoms with Gasteiger partial charge in [0, 0.05) is 6.42 Å². The molecule has 0 bridgehead atoms. The Bertz CT molecular complexity index is 1050. The van der Waals surface area contributed by atoms with Crippen LogP contribution in [0.25, 0.3) is 10.8 Å². The van der Waals surface area contributed by atoms with Crippen molar-refractivity contribution in [2.45, 2.75) is 18.6 Å². The zero-order valence-corrected chi connectivity index (χ0v) is 15.5. The molecule has 0 aliphatic rings. The number of ether oxygens (including phenoxy) is 1. The molecular weight excluding hydrogens is 383 g/mol. The molecule has 7 heteroatoms. The Morgan fingerprint density at radius 1 is 0.966 bits per heavy atom. The molecule has 3 rings (SSSR count). The van der Waals surface area contributed by atoms with Gasteiger partial charge in [0.2, 0.25) is 0 Å². The van der Waals surface area contributed by atoms with E-state index in [1.54, 1.807) is 6.07 Å². The number of carbonyl (C=O) groups is 2. The van der Waals surface area contributed by atoms with E-state index < -0.39 is 35.2 Å². The van der Waals surface area contributed by atoms with Crippen LogP contribution in [0.4, 0.5) is 13.2 Å². The van der Waals surface area contributed by atoms with Crippen LogP contribution in [-0.2, 0) is 22.1 Å². The summed E-state index contributed by atoms with van der Waals surface area (Å²) in [4.78, 5) is 24.7. The average molecular weight is 401 g/mol. The van der Waals surface area contributed by atoms with Crippen LogP contribution < -0.4 is 5.32 Å². The van der Waals surface area contributed by atoms with Gasteiger partial charge in [0.1, 0.15) is 6.04 Å². The summed E-state index contributed by atoms with van der Waals surface area (Å²) < 4.78 is 44.3. The third-order valence-electron chi connectivity index (χ3n) is 4.52. The van der Waals surface area contributed by atoms with E-state index in [9.17, 15) is 22.8 Å². The summed E-state index contributed by atoms with van der Waals surface area (Å²) in [6, 6.07) is 16.5. The molecule has 0 aromatic heterocycles. The van der Waals surface area contributed by atoms with E-state index in [0.717, 1.165) is 35.6 Å². The molecule has 150 valence electrons. The van der Waals surface area contributed by atoms with E-state index in [0.29, 0.717) is 0 Å². The van der Waals surface area contributed by atoms with Gasteiger partial charge in [-0.2, -0.15) is 13.2 Å². The van der Waals surface area contributed by atoms with Crippen LogP contribution >= 0.6 is 0 Å². The minimum atomic E-state index is -4.69. The third-order valence-corrected chi connectivity index (χ3v) is 4.52. The highest BCUT2D eigenvalue weighted by molar-refractivity contribution is 5.98. The lowest BCUT2D eigenvalue weighted by atomic mass is 10.0. The zero-order valence-electron chi connectivity index (χ0n) is 15.5. The number of rotatable bonds is 5. The molecule has 0 aliphatic heterocycles. The quantitative estimate of drug-likeness (QED) is 0.646. The highest BCUT2D eigenvalue weighted by Gasteiger charge is 2.35. The summed E-state index contributed by atoms with van der Waals surface area (Å²) in [6.07, 6.45) is -4.61. The molecule has 0 heterocycles. The molecule has 1 atom stereocenters. The van der Waals surface area contributed by atoms with Crippen molar-refractivity contribution in [2.75, 3.05) is 7.11 Å². The molecule has 3 aromatic rings. The average Bonchev–Trinajstić information content (AvgIpc) is 2.72. The molecule has 0 spiro atoms. The third kappa shape index (κ3) is 4.74. The number of amides is 1. The topological polar surface area (TPSA) is 55.4 Å². The largest absolute Gasteiger partial charge is 0.467 e. The Morgan fingerprint density at radius 3 is 2.31 bits per heavy atom. The van der Waals surface area contributed by atoms with Crippen LogP contribution in [0.1, 0.15) is 21.5 Å². The number of fused-ring (bicyclic) bond motifs is 1. The second-order valence-electron chi connectivity index (χ2n) is 6.48. The van der Waals surface area contributed by atoms with Gasteiger partial charge >= 0.3 is 12.1 Å². The Morgan fingerprint density at radius 2 is 1.62 bits per heavy atom. The number of benzene rings is 3. The van der Waals surface area contributed by atoms with E-state index in [-0.39, 0.29) is 6.42 Å². The molecule has 29 heavy (non-hydrogen) atoms. The second kappa shape index (κ2) is 8.34. The highest BCUT2D eigenvalue weighted by atomic mass is 19.4. The Kier molecular flexibility index (Phi) is 5.87. The van der Waals surface area contributed by atoms with Gasteiger partial charge < -0.3 is 10.1 Å². The van der Waals surface area contributed by atoms with Gasteiger partial charge in [0.05, 0.1) is 18.2 Å². The fraction of sp³-hybridized carbons (Fsp3) is 0.182. The lowest BCUT2D eigenvalue weighted by Gasteiger charge is -2.19. The summed E-state index contributed by atoms with van der Waals surface area (Å²) in [7, 11) is 1.16. The van der Waals surface area contributed by atoms with Crippen molar-refractivity contribution < 1.29 is 27.5 Å². The lowest BCUT2D eigenvalue weighted by molar-refractivity contribution is -0.142. The van der Waals surface area contributed by atoms with Crippen LogP contribution in [0.5, 0.6) is 0 Å².